The van der Waals surface area contributed by atoms with Crippen molar-refractivity contribution in [1.82, 2.24) is 4.90 Å². The van der Waals surface area contributed by atoms with E-state index in [1.165, 1.54) is 21.9 Å². The van der Waals surface area contributed by atoms with Gasteiger partial charge in [0.15, 0.2) is 0 Å². The van der Waals surface area contributed by atoms with Gasteiger partial charge in [0.05, 0.1) is 11.3 Å². The third-order valence-electron chi connectivity index (χ3n) is 8.65. The Labute approximate surface area is 193 Å². The molecule has 1 saturated carbocycles. The Kier molecular flexibility index (Phi) is 3.90. The molecule has 33 heavy (non-hydrogen) atoms. The van der Waals surface area contributed by atoms with Crippen molar-refractivity contribution in [2.75, 3.05) is 18.0 Å². The molecule has 2 aliphatic carbocycles. The van der Waals surface area contributed by atoms with E-state index in [1.54, 1.807) is 0 Å². The summed E-state index contributed by atoms with van der Waals surface area (Å²) in [6, 6.07) is 21.9. The number of para-hydroxylation sites is 1. The van der Waals surface area contributed by atoms with Crippen molar-refractivity contribution in [2.24, 2.45) is 11.7 Å². The quantitative estimate of drug-likeness (QED) is 0.680. The number of hydrogen-bond acceptors (Lipinski definition) is 3. The Morgan fingerprint density at radius 2 is 1.73 bits per heavy atom. The summed E-state index contributed by atoms with van der Waals surface area (Å²) < 4.78 is 0. The van der Waals surface area contributed by atoms with Crippen LogP contribution in [0.15, 0.2) is 60.7 Å². The van der Waals surface area contributed by atoms with E-state index in [9.17, 15) is 9.59 Å². The topological polar surface area (TPSA) is 66.6 Å². The number of anilines is 1. The monoisotopic (exact) mass is 437 g/mol. The third-order valence-corrected chi connectivity index (χ3v) is 8.65. The Balaban J connectivity index is 1.14. The highest BCUT2D eigenvalue weighted by molar-refractivity contribution is 6.14. The molecule has 3 aromatic carbocycles. The molecule has 5 nitrogen and oxygen atoms in total. The summed E-state index contributed by atoms with van der Waals surface area (Å²) in [5.74, 6) is -0.637. The molecular weight excluding hydrogens is 410 g/mol. The van der Waals surface area contributed by atoms with Gasteiger partial charge in [0.25, 0.3) is 0 Å². The second kappa shape index (κ2) is 6.67. The second-order valence-electron chi connectivity index (χ2n) is 10.2. The standard InChI is InChI=1S/C28H27N3O2/c29-26(32)22-16-28(22)21-9-1-2-10-23(21)31(27(28)33)19-11-13-30(14-12-19)24-15-18-7-3-5-17-6-4-8-20(24)25(17)18/h1-10,19,22,24H,11-16H2,(H2,29,32)/t22-,24?,28-/m1/s1. The fourth-order valence-corrected chi connectivity index (χ4v) is 7.00. The highest BCUT2D eigenvalue weighted by atomic mass is 16.2. The van der Waals surface area contributed by atoms with Crippen molar-refractivity contribution in [1.29, 1.82) is 0 Å². The molecule has 7 rings (SSSR count). The van der Waals surface area contributed by atoms with Crippen LogP contribution in [-0.2, 0) is 21.4 Å². The Bertz CT molecular complexity index is 1320. The number of benzene rings is 3. The fraction of sp³-hybridized carbons (Fsp3) is 0.357. The largest absolute Gasteiger partial charge is 0.369 e. The zero-order valence-corrected chi connectivity index (χ0v) is 18.5. The van der Waals surface area contributed by atoms with E-state index in [0.717, 1.165) is 43.6 Å². The molecule has 166 valence electrons. The van der Waals surface area contributed by atoms with E-state index >= 15 is 0 Å². The number of amides is 2. The molecule has 4 aliphatic rings. The molecule has 0 radical (unpaired) electrons. The zero-order valence-electron chi connectivity index (χ0n) is 18.5. The van der Waals surface area contributed by atoms with Crippen LogP contribution in [0.2, 0.25) is 0 Å². The molecule has 2 amide bonds. The maximum atomic E-state index is 13.7. The number of hydrogen-bond donors (Lipinski definition) is 1. The predicted molar refractivity (Wildman–Crippen MR) is 128 cm³/mol. The number of piperidine rings is 1. The molecule has 3 atom stereocenters. The maximum absolute atomic E-state index is 13.7. The number of carbonyl (C=O) groups is 2. The van der Waals surface area contributed by atoms with Crippen LogP contribution in [-0.4, -0.2) is 35.8 Å². The number of likely N-dealkylation sites (tertiary alicyclic amines) is 1. The van der Waals surface area contributed by atoms with E-state index in [-0.39, 0.29) is 23.8 Å². The molecule has 2 aliphatic heterocycles. The summed E-state index contributed by atoms with van der Waals surface area (Å²) in [5, 5.41) is 2.77. The normalized spacial score (nSPS) is 28.6. The van der Waals surface area contributed by atoms with Gasteiger partial charge in [-0.25, -0.2) is 0 Å². The minimum atomic E-state index is -0.706. The summed E-state index contributed by atoms with van der Waals surface area (Å²) in [5.41, 5.74) is 9.82. The lowest BCUT2D eigenvalue weighted by Gasteiger charge is -2.40. The zero-order chi connectivity index (χ0) is 22.3. The molecule has 5 heteroatoms. The first-order valence-electron chi connectivity index (χ1n) is 12.1. The molecule has 1 unspecified atom stereocenters. The number of carbonyl (C=O) groups excluding carboxylic acids is 2. The van der Waals surface area contributed by atoms with Gasteiger partial charge in [-0.15, -0.1) is 0 Å². The molecule has 1 spiro atoms. The predicted octanol–water partition coefficient (Wildman–Crippen LogP) is 3.69. The van der Waals surface area contributed by atoms with Gasteiger partial charge in [-0.05, 0) is 59.2 Å². The number of fused-ring (bicyclic) bond motifs is 2. The van der Waals surface area contributed by atoms with E-state index in [0.29, 0.717) is 12.5 Å². The Morgan fingerprint density at radius 1 is 0.970 bits per heavy atom. The minimum Gasteiger partial charge on any atom is -0.369 e. The van der Waals surface area contributed by atoms with Gasteiger partial charge in [0.1, 0.15) is 0 Å². The lowest BCUT2D eigenvalue weighted by molar-refractivity contribution is -0.125. The average molecular weight is 438 g/mol. The van der Waals surface area contributed by atoms with Crippen molar-refractivity contribution < 1.29 is 9.59 Å². The Morgan fingerprint density at radius 3 is 2.48 bits per heavy atom. The van der Waals surface area contributed by atoms with Gasteiger partial charge in [-0.1, -0.05) is 54.6 Å². The molecule has 0 bridgehead atoms. The molecule has 2 heterocycles. The van der Waals surface area contributed by atoms with Crippen molar-refractivity contribution >= 4 is 28.3 Å². The molecule has 0 aromatic heterocycles. The molecular formula is C28H27N3O2. The van der Waals surface area contributed by atoms with Crippen molar-refractivity contribution in [2.45, 2.75) is 43.2 Å². The van der Waals surface area contributed by atoms with Gasteiger partial charge in [0.2, 0.25) is 11.8 Å². The van der Waals surface area contributed by atoms with Gasteiger partial charge in [0, 0.05) is 30.9 Å². The summed E-state index contributed by atoms with van der Waals surface area (Å²) in [6.45, 7) is 1.94. The number of rotatable bonds is 3. The van der Waals surface area contributed by atoms with Crippen LogP contribution >= 0.6 is 0 Å². The smallest absolute Gasteiger partial charge is 0.238 e. The third kappa shape index (κ3) is 2.51. The second-order valence-corrected chi connectivity index (χ2v) is 10.2. The molecule has 3 aromatic rings. The van der Waals surface area contributed by atoms with Crippen LogP contribution in [0.1, 0.15) is 42.0 Å². The van der Waals surface area contributed by atoms with E-state index in [1.807, 2.05) is 29.2 Å². The fourth-order valence-electron chi connectivity index (χ4n) is 7.00. The van der Waals surface area contributed by atoms with Crippen molar-refractivity contribution in [3.63, 3.8) is 0 Å². The van der Waals surface area contributed by atoms with E-state index < -0.39 is 5.41 Å². The van der Waals surface area contributed by atoms with Crippen LogP contribution in [0.4, 0.5) is 5.69 Å². The van der Waals surface area contributed by atoms with Gasteiger partial charge in [-0.2, -0.15) is 0 Å². The molecule has 2 fully saturated rings. The summed E-state index contributed by atoms with van der Waals surface area (Å²) in [7, 11) is 0. The maximum Gasteiger partial charge on any atom is 0.238 e. The number of nitrogens with zero attached hydrogens (tertiary/aromatic N) is 2. The lowest BCUT2D eigenvalue weighted by atomic mass is 9.94. The first-order valence-corrected chi connectivity index (χ1v) is 12.1. The van der Waals surface area contributed by atoms with Gasteiger partial charge >= 0.3 is 0 Å². The highest BCUT2D eigenvalue weighted by Crippen LogP contribution is 2.62. The first-order chi connectivity index (χ1) is 16.1. The lowest BCUT2D eigenvalue weighted by Crippen LogP contribution is -2.48. The van der Waals surface area contributed by atoms with E-state index in [4.69, 9.17) is 5.73 Å². The summed E-state index contributed by atoms with van der Waals surface area (Å²) in [4.78, 5) is 30.3. The number of nitrogens with two attached hydrogens (primary N) is 1. The van der Waals surface area contributed by atoms with Crippen molar-refractivity contribution in [3.8, 4) is 0 Å². The average Bonchev–Trinajstić information content (AvgIpc) is 3.43. The van der Waals surface area contributed by atoms with Crippen LogP contribution in [0.5, 0.6) is 0 Å². The minimum absolute atomic E-state index is 0.0870. The molecule has 2 N–H and O–H groups in total. The summed E-state index contributed by atoms with van der Waals surface area (Å²) in [6.07, 6.45) is 3.51. The first kappa shape index (κ1) is 19.3. The van der Waals surface area contributed by atoms with Gasteiger partial charge < -0.3 is 10.6 Å². The van der Waals surface area contributed by atoms with E-state index in [2.05, 4.69) is 41.3 Å². The Hall–Kier alpha value is -3.18. The van der Waals surface area contributed by atoms with Gasteiger partial charge in [-0.3, -0.25) is 14.5 Å². The van der Waals surface area contributed by atoms with Crippen LogP contribution in [0.25, 0.3) is 10.8 Å². The SMILES string of the molecule is NC(=O)[C@H]1C[C@]12C(=O)N(C1CCN(C3Cc4cccc5cccc3c45)CC1)c1ccccc12. The highest BCUT2D eigenvalue weighted by Gasteiger charge is 2.69. The summed E-state index contributed by atoms with van der Waals surface area (Å²) >= 11 is 0. The molecule has 1 saturated heterocycles. The number of primary amides is 1. The van der Waals surface area contributed by atoms with Crippen molar-refractivity contribution in [3.05, 3.63) is 77.4 Å². The van der Waals surface area contributed by atoms with Crippen LogP contribution < -0.4 is 10.6 Å². The van der Waals surface area contributed by atoms with Crippen LogP contribution in [0.3, 0.4) is 0 Å². The van der Waals surface area contributed by atoms with Crippen LogP contribution in [0, 0.1) is 5.92 Å².